The smallest absolute Gasteiger partial charge is 0.246 e. The molecule has 0 aliphatic rings. The van der Waals surface area contributed by atoms with Crippen molar-refractivity contribution in [2.24, 2.45) is 0 Å². The van der Waals surface area contributed by atoms with Crippen molar-refractivity contribution in [1.29, 1.82) is 0 Å². The summed E-state index contributed by atoms with van der Waals surface area (Å²) in [6, 6.07) is 8.99. The van der Waals surface area contributed by atoms with Crippen LogP contribution in [0.15, 0.2) is 55.1 Å². The number of aromatic nitrogens is 4. The van der Waals surface area contributed by atoms with E-state index in [1.807, 2.05) is 12.1 Å². The fraction of sp³-hybridized carbons (Fsp3) is 0.217. The summed E-state index contributed by atoms with van der Waals surface area (Å²) in [5.74, 6) is -1.53. The first-order chi connectivity index (χ1) is 17.0. The van der Waals surface area contributed by atoms with Crippen LogP contribution >= 0.6 is 0 Å². The maximum atomic E-state index is 13.8. The van der Waals surface area contributed by atoms with Gasteiger partial charge in [0.1, 0.15) is 31.0 Å². The van der Waals surface area contributed by atoms with E-state index in [9.17, 15) is 13.6 Å². The van der Waals surface area contributed by atoms with Crippen LogP contribution in [0.4, 0.5) is 26.0 Å². The van der Waals surface area contributed by atoms with E-state index in [1.54, 1.807) is 12.3 Å². The monoisotopic (exact) mass is 483 g/mol. The Morgan fingerprint density at radius 1 is 1.14 bits per heavy atom. The maximum absolute atomic E-state index is 13.8. The van der Waals surface area contributed by atoms with Crippen molar-refractivity contribution in [3.8, 4) is 5.75 Å². The number of halogens is 2. The lowest BCUT2D eigenvalue weighted by Gasteiger charge is -2.10. The second-order valence-electron chi connectivity index (χ2n) is 7.42. The van der Waals surface area contributed by atoms with Crippen LogP contribution in [0.25, 0.3) is 10.9 Å². The third-order valence-electron chi connectivity index (χ3n) is 4.87. The predicted octanol–water partition coefficient (Wildman–Crippen LogP) is 2.45. The molecule has 2 heterocycles. The van der Waals surface area contributed by atoms with Crippen LogP contribution in [0, 0.1) is 11.6 Å². The van der Waals surface area contributed by atoms with Gasteiger partial charge in [-0.05, 0) is 24.3 Å². The number of benzene rings is 2. The first-order valence-electron chi connectivity index (χ1n) is 10.8. The quantitative estimate of drug-likeness (QED) is 0.240. The predicted molar refractivity (Wildman–Crippen MR) is 125 cm³/mol. The molecule has 0 aliphatic carbocycles. The summed E-state index contributed by atoms with van der Waals surface area (Å²) in [5, 5.41) is 22.2. The highest BCUT2D eigenvalue weighted by atomic mass is 19.2. The molecule has 0 aliphatic heterocycles. The van der Waals surface area contributed by atoms with Crippen LogP contribution in [0.3, 0.4) is 0 Å². The number of carbonyl (C=O) groups excluding carboxylic acids is 1. The van der Waals surface area contributed by atoms with Crippen molar-refractivity contribution in [2.45, 2.75) is 6.54 Å². The number of carbonyl (C=O) groups is 1. The van der Waals surface area contributed by atoms with Gasteiger partial charge in [0.25, 0.3) is 0 Å². The Kier molecular flexibility index (Phi) is 7.75. The van der Waals surface area contributed by atoms with Crippen molar-refractivity contribution in [3.05, 3.63) is 66.8 Å². The molecule has 0 radical (unpaired) electrons. The second-order valence-corrected chi connectivity index (χ2v) is 7.42. The number of rotatable bonds is 11. The van der Waals surface area contributed by atoms with E-state index in [-0.39, 0.29) is 18.8 Å². The van der Waals surface area contributed by atoms with Gasteiger partial charge in [0, 0.05) is 30.7 Å². The average molecular weight is 483 g/mol. The maximum Gasteiger partial charge on any atom is 0.246 e. The molecule has 35 heavy (non-hydrogen) atoms. The summed E-state index contributed by atoms with van der Waals surface area (Å²) in [5.41, 5.74) is 1.01. The zero-order valence-electron chi connectivity index (χ0n) is 18.5. The molecule has 0 saturated carbocycles. The van der Waals surface area contributed by atoms with Gasteiger partial charge in [0.05, 0.1) is 29.7 Å². The van der Waals surface area contributed by atoms with Gasteiger partial charge >= 0.3 is 0 Å². The molecular formula is C23H23F2N7O3. The SMILES string of the molecule is O=C(Cn1cc(Nc2ncnc3cc(OCCNCCO)ccc23)cn1)Nc1cccc(F)c1F. The third kappa shape index (κ3) is 6.25. The molecule has 0 fully saturated rings. The lowest BCUT2D eigenvalue weighted by atomic mass is 10.2. The Balaban J connectivity index is 1.38. The molecule has 1 amide bonds. The van der Waals surface area contributed by atoms with E-state index in [0.29, 0.717) is 42.5 Å². The zero-order chi connectivity index (χ0) is 24.6. The summed E-state index contributed by atoms with van der Waals surface area (Å²) < 4.78 is 34.1. The number of hydrogen-bond donors (Lipinski definition) is 4. The normalized spacial score (nSPS) is 10.9. The van der Waals surface area contributed by atoms with E-state index >= 15 is 0 Å². The van der Waals surface area contributed by atoms with E-state index in [4.69, 9.17) is 9.84 Å². The van der Waals surface area contributed by atoms with E-state index in [1.165, 1.54) is 29.3 Å². The van der Waals surface area contributed by atoms with Crippen molar-refractivity contribution in [3.63, 3.8) is 0 Å². The lowest BCUT2D eigenvalue weighted by Crippen LogP contribution is -2.23. The van der Waals surface area contributed by atoms with Crippen LogP contribution in [0.2, 0.25) is 0 Å². The molecule has 0 atom stereocenters. The molecular weight excluding hydrogens is 460 g/mol. The fourth-order valence-corrected chi connectivity index (χ4v) is 3.26. The minimum atomic E-state index is -1.12. The molecule has 12 heteroatoms. The highest BCUT2D eigenvalue weighted by Crippen LogP contribution is 2.26. The molecule has 4 aromatic rings. The molecule has 0 bridgehead atoms. The number of fused-ring (bicyclic) bond motifs is 1. The molecule has 0 saturated heterocycles. The Hall–Kier alpha value is -4.16. The van der Waals surface area contributed by atoms with Crippen LogP contribution in [-0.4, -0.2) is 57.1 Å². The van der Waals surface area contributed by atoms with Gasteiger partial charge in [-0.1, -0.05) is 6.07 Å². The largest absolute Gasteiger partial charge is 0.492 e. The van der Waals surface area contributed by atoms with E-state index < -0.39 is 17.5 Å². The van der Waals surface area contributed by atoms with E-state index in [2.05, 4.69) is 31.0 Å². The summed E-state index contributed by atoms with van der Waals surface area (Å²) in [6.07, 6.45) is 4.52. The van der Waals surface area contributed by atoms with Gasteiger partial charge in [-0.2, -0.15) is 5.10 Å². The molecule has 4 rings (SSSR count). The van der Waals surface area contributed by atoms with Crippen molar-refractivity contribution in [1.82, 2.24) is 25.1 Å². The number of nitrogens with zero attached hydrogens (tertiary/aromatic N) is 4. The van der Waals surface area contributed by atoms with Gasteiger partial charge in [-0.15, -0.1) is 0 Å². The molecule has 182 valence electrons. The van der Waals surface area contributed by atoms with Crippen molar-refractivity contribution < 1.29 is 23.4 Å². The molecule has 4 N–H and O–H groups in total. The highest BCUT2D eigenvalue weighted by Gasteiger charge is 2.12. The van der Waals surface area contributed by atoms with Crippen molar-refractivity contribution >= 4 is 34.0 Å². The number of ether oxygens (including phenoxy) is 1. The Bertz CT molecular complexity index is 1320. The minimum Gasteiger partial charge on any atom is -0.492 e. The second kappa shape index (κ2) is 11.3. The first-order valence-corrected chi connectivity index (χ1v) is 10.8. The lowest BCUT2D eigenvalue weighted by molar-refractivity contribution is -0.116. The minimum absolute atomic E-state index is 0.0731. The number of aliphatic hydroxyl groups is 1. The number of hydrogen-bond acceptors (Lipinski definition) is 8. The average Bonchev–Trinajstić information content (AvgIpc) is 3.28. The molecule has 2 aromatic heterocycles. The van der Waals surface area contributed by atoms with E-state index in [0.717, 1.165) is 11.5 Å². The molecule has 0 spiro atoms. The standard InChI is InChI=1S/C23H23F2N7O3/c24-18-2-1-3-19(22(18)25)31-21(34)13-32-12-15(11-29-32)30-23-17-5-4-16(10-20(17)27-14-28-23)35-9-7-26-6-8-33/h1-5,10-12,14,26,33H,6-9,13H2,(H,31,34)(H,27,28,30). The number of aliphatic hydroxyl groups excluding tert-OH is 1. The van der Waals surface area contributed by atoms with Gasteiger partial charge in [-0.3, -0.25) is 9.48 Å². The first kappa shape index (κ1) is 24.0. The van der Waals surface area contributed by atoms with Crippen LogP contribution < -0.4 is 20.7 Å². The number of anilines is 3. The molecule has 2 aromatic carbocycles. The van der Waals surface area contributed by atoms with Gasteiger partial charge < -0.3 is 25.8 Å². The number of nitrogens with one attached hydrogen (secondary N) is 3. The fourth-order valence-electron chi connectivity index (χ4n) is 3.26. The van der Waals surface area contributed by atoms with Crippen molar-refractivity contribution in [2.75, 3.05) is 36.9 Å². The highest BCUT2D eigenvalue weighted by molar-refractivity contribution is 5.92. The summed E-state index contributed by atoms with van der Waals surface area (Å²) in [6.45, 7) is 1.44. The zero-order valence-corrected chi connectivity index (χ0v) is 18.5. The third-order valence-corrected chi connectivity index (χ3v) is 4.87. The number of amides is 1. The van der Waals surface area contributed by atoms with Gasteiger partial charge in [0.15, 0.2) is 11.6 Å². The Morgan fingerprint density at radius 3 is 2.89 bits per heavy atom. The Labute approximate surface area is 199 Å². The van der Waals surface area contributed by atoms with Gasteiger partial charge in [-0.25, -0.2) is 18.7 Å². The molecule has 10 nitrogen and oxygen atoms in total. The van der Waals surface area contributed by atoms with Crippen LogP contribution in [-0.2, 0) is 11.3 Å². The summed E-state index contributed by atoms with van der Waals surface area (Å²) in [7, 11) is 0. The van der Waals surface area contributed by atoms with Crippen LogP contribution in [0.1, 0.15) is 0 Å². The summed E-state index contributed by atoms with van der Waals surface area (Å²) in [4.78, 5) is 20.8. The summed E-state index contributed by atoms with van der Waals surface area (Å²) >= 11 is 0. The molecule has 0 unspecified atom stereocenters. The Morgan fingerprint density at radius 2 is 2.03 bits per heavy atom. The van der Waals surface area contributed by atoms with Gasteiger partial charge in [0.2, 0.25) is 5.91 Å². The van der Waals surface area contributed by atoms with Crippen LogP contribution in [0.5, 0.6) is 5.75 Å². The topological polar surface area (TPSA) is 126 Å².